The van der Waals surface area contributed by atoms with Crippen molar-refractivity contribution >= 4 is 23.5 Å². The molecule has 0 saturated carbocycles. The Hall–Kier alpha value is -3.46. The molecule has 2 aromatic rings. The zero-order chi connectivity index (χ0) is 20.9. The summed E-state index contributed by atoms with van der Waals surface area (Å²) in [5.41, 5.74) is 0.416. The number of nitrogens with zero attached hydrogens (tertiary/aromatic N) is 1. The fourth-order valence-electron chi connectivity index (χ4n) is 4.12. The van der Waals surface area contributed by atoms with E-state index in [4.69, 9.17) is 4.74 Å². The molecule has 2 aromatic carbocycles. The molecule has 2 aliphatic heterocycles. The van der Waals surface area contributed by atoms with Crippen molar-refractivity contribution in [2.45, 2.75) is 12.1 Å². The van der Waals surface area contributed by atoms with E-state index in [0.29, 0.717) is 0 Å². The van der Waals surface area contributed by atoms with Gasteiger partial charge in [-0.2, -0.15) is 0 Å². The van der Waals surface area contributed by atoms with Crippen LogP contribution in [0.5, 0.6) is 11.5 Å². The van der Waals surface area contributed by atoms with Gasteiger partial charge in [0, 0.05) is 11.6 Å². The summed E-state index contributed by atoms with van der Waals surface area (Å²) in [6.07, 6.45) is 0. The molecule has 4 unspecified atom stereocenters. The normalized spacial score (nSPS) is 25.9. The van der Waals surface area contributed by atoms with Gasteiger partial charge in [-0.05, 0) is 30.3 Å². The number of aromatic hydroxyl groups is 1. The number of carbonyl (C=O) groups excluding carboxylic acids is 2. The first-order valence-corrected chi connectivity index (χ1v) is 8.83. The molecule has 2 heterocycles. The number of benzene rings is 2. The number of amides is 2. The summed E-state index contributed by atoms with van der Waals surface area (Å²) in [4.78, 5) is 38.8. The smallest absolute Gasteiger partial charge is 0.321 e. The molecule has 0 aromatic heterocycles. The predicted octanol–water partition coefficient (Wildman–Crippen LogP) is 1.44. The number of anilines is 1. The van der Waals surface area contributed by atoms with Crippen LogP contribution in [-0.2, 0) is 14.4 Å². The van der Waals surface area contributed by atoms with Gasteiger partial charge in [-0.1, -0.05) is 12.1 Å². The summed E-state index contributed by atoms with van der Waals surface area (Å²) in [5.74, 6) is -5.41. The van der Waals surface area contributed by atoms with Gasteiger partial charge >= 0.3 is 5.97 Å². The predicted molar refractivity (Wildman–Crippen MR) is 97.8 cm³/mol. The van der Waals surface area contributed by atoms with E-state index in [0.717, 1.165) is 17.0 Å². The number of ether oxygens (including phenoxy) is 1. The SMILES string of the molecule is COc1cccc(C2NC(C(=O)O)C3C(=O)N(c4ccc(F)cc4)C(=O)C23)c1O. The Morgan fingerprint density at radius 3 is 2.38 bits per heavy atom. The van der Waals surface area contributed by atoms with Crippen LogP contribution in [0.1, 0.15) is 11.6 Å². The van der Waals surface area contributed by atoms with Gasteiger partial charge in [-0.15, -0.1) is 0 Å². The number of carboxylic acids is 1. The van der Waals surface area contributed by atoms with Crippen LogP contribution in [0.15, 0.2) is 42.5 Å². The molecule has 0 aliphatic carbocycles. The van der Waals surface area contributed by atoms with Crippen molar-refractivity contribution in [3.8, 4) is 11.5 Å². The molecule has 4 rings (SSSR count). The molecule has 8 nitrogen and oxygen atoms in total. The Labute approximate surface area is 164 Å². The van der Waals surface area contributed by atoms with Crippen LogP contribution >= 0.6 is 0 Å². The van der Waals surface area contributed by atoms with Crippen molar-refractivity contribution in [3.63, 3.8) is 0 Å². The molecule has 9 heteroatoms. The number of halogens is 1. The molecule has 2 saturated heterocycles. The molecule has 29 heavy (non-hydrogen) atoms. The molecule has 3 N–H and O–H groups in total. The van der Waals surface area contributed by atoms with Crippen molar-refractivity contribution in [3.05, 3.63) is 53.8 Å². The second kappa shape index (κ2) is 6.85. The molecular weight excluding hydrogens is 383 g/mol. The van der Waals surface area contributed by atoms with Crippen LogP contribution < -0.4 is 15.0 Å². The van der Waals surface area contributed by atoms with E-state index in [9.17, 15) is 29.0 Å². The molecule has 0 bridgehead atoms. The second-order valence-electron chi connectivity index (χ2n) is 6.90. The average molecular weight is 400 g/mol. The van der Waals surface area contributed by atoms with Crippen LogP contribution in [-0.4, -0.2) is 41.1 Å². The maximum Gasteiger partial charge on any atom is 0.321 e. The first-order valence-electron chi connectivity index (χ1n) is 8.83. The molecule has 0 radical (unpaired) electrons. The summed E-state index contributed by atoms with van der Waals surface area (Å²) in [7, 11) is 1.37. The first kappa shape index (κ1) is 18.9. The number of phenolic OH excluding ortho intramolecular Hbond substituents is 1. The maximum atomic E-state index is 13.3. The Kier molecular flexibility index (Phi) is 4.46. The first-order chi connectivity index (χ1) is 13.8. The Balaban J connectivity index is 1.80. The number of rotatable bonds is 4. The number of imide groups is 1. The fourth-order valence-corrected chi connectivity index (χ4v) is 4.12. The van der Waals surface area contributed by atoms with E-state index in [1.165, 1.54) is 31.4 Å². The van der Waals surface area contributed by atoms with Crippen LogP contribution in [0.3, 0.4) is 0 Å². The highest BCUT2D eigenvalue weighted by Crippen LogP contribution is 2.48. The van der Waals surface area contributed by atoms with E-state index < -0.39 is 47.5 Å². The second-order valence-corrected chi connectivity index (χ2v) is 6.90. The van der Waals surface area contributed by atoms with Gasteiger partial charge in [-0.3, -0.25) is 19.7 Å². The van der Waals surface area contributed by atoms with Crippen LogP contribution in [0.2, 0.25) is 0 Å². The van der Waals surface area contributed by atoms with Crippen molar-refractivity contribution in [1.82, 2.24) is 5.32 Å². The number of hydrogen-bond acceptors (Lipinski definition) is 6. The van der Waals surface area contributed by atoms with Crippen LogP contribution in [0, 0.1) is 17.7 Å². The van der Waals surface area contributed by atoms with Crippen LogP contribution in [0.25, 0.3) is 0 Å². The van der Waals surface area contributed by atoms with Crippen molar-refractivity contribution in [1.29, 1.82) is 0 Å². The lowest BCUT2D eigenvalue weighted by Gasteiger charge is -2.22. The summed E-state index contributed by atoms with van der Waals surface area (Å²) < 4.78 is 18.3. The minimum atomic E-state index is -1.32. The number of para-hydroxylation sites is 1. The number of hydrogen-bond donors (Lipinski definition) is 3. The third-order valence-corrected chi connectivity index (χ3v) is 5.41. The van der Waals surface area contributed by atoms with E-state index in [-0.39, 0.29) is 22.7 Å². The molecule has 150 valence electrons. The molecule has 2 aliphatic rings. The molecule has 0 spiro atoms. The summed E-state index contributed by atoms with van der Waals surface area (Å²) in [6.45, 7) is 0. The molecule has 2 amide bonds. The Morgan fingerprint density at radius 1 is 1.10 bits per heavy atom. The number of carbonyl (C=O) groups is 3. The van der Waals surface area contributed by atoms with E-state index in [1.807, 2.05) is 0 Å². The maximum absolute atomic E-state index is 13.3. The number of methoxy groups -OCH3 is 1. The van der Waals surface area contributed by atoms with Gasteiger partial charge in [0.1, 0.15) is 11.9 Å². The van der Waals surface area contributed by atoms with Gasteiger partial charge in [0.05, 0.1) is 24.6 Å². The average Bonchev–Trinajstić information content (AvgIpc) is 3.20. The van der Waals surface area contributed by atoms with Crippen molar-refractivity contribution in [2.75, 3.05) is 12.0 Å². The number of nitrogens with one attached hydrogen (secondary N) is 1. The van der Waals surface area contributed by atoms with Gasteiger partial charge in [0.15, 0.2) is 11.5 Å². The topological polar surface area (TPSA) is 116 Å². The highest BCUT2D eigenvalue weighted by atomic mass is 19.1. The van der Waals surface area contributed by atoms with Crippen molar-refractivity contribution < 1.29 is 33.7 Å². The third kappa shape index (κ3) is 2.82. The van der Waals surface area contributed by atoms with Gasteiger partial charge in [0.25, 0.3) is 0 Å². The standard InChI is InChI=1S/C20H17FN2O6/c1-29-12-4-2-3-11(17(12)24)15-13-14(16(22-15)20(27)28)19(26)23(18(13)25)10-7-5-9(21)6-8-10/h2-8,13-16,22,24H,1H3,(H,27,28). The highest BCUT2D eigenvalue weighted by Gasteiger charge is 2.61. The van der Waals surface area contributed by atoms with E-state index in [2.05, 4.69) is 5.32 Å². The van der Waals surface area contributed by atoms with Crippen LogP contribution in [0.4, 0.5) is 10.1 Å². The minimum Gasteiger partial charge on any atom is -0.504 e. The minimum absolute atomic E-state index is 0.159. The lowest BCUT2D eigenvalue weighted by molar-refractivity contribution is -0.142. The summed E-state index contributed by atoms with van der Waals surface area (Å²) >= 11 is 0. The quantitative estimate of drug-likeness (QED) is 0.665. The number of aliphatic carboxylic acids is 1. The number of fused-ring (bicyclic) bond motifs is 1. The monoisotopic (exact) mass is 400 g/mol. The van der Waals surface area contributed by atoms with E-state index >= 15 is 0 Å². The zero-order valence-corrected chi connectivity index (χ0v) is 15.2. The number of carboxylic acid groups (broad SMARTS) is 1. The fraction of sp³-hybridized carbons (Fsp3) is 0.250. The summed E-state index contributed by atoms with van der Waals surface area (Å²) in [6, 6.07) is 7.21. The zero-order valence-electron chi connectivity index (χ0n) is 15.2. The molecule has 2 fully saturated rings. The van der Waals surface area contributed by atoms with Crippen molar-refractivity contribution in [2.24, 2.45) is 11.8 Å². The lowest BCUT2D eigenvalue weighted by atomic mass is 9.86. The molecular formula is C20H17FN2O6. The van der Waals surface area contributed by atoms with Gasteiger partial charge in [-0.25, -0.2) is 9.29 Å². The lowest BCUT2D eigenvalue weighted by Crippen LogP contribution is -2.43. The summed E-state index contributed by atoms with van der Waals surface area (Å²) in [5, 5.41) is 22.9. The third-order valence-electron chi connectivity index (χ3n) is 5.41. The van der Waals surface area contributed by atoms with Gasteiger partial charge < -0.3 is 14.9 Å². The Bertz CT molecular complexity index is 1010. The molecule has 4 atom stereocenters. The van der Waals surface area contributed by atoms with E-state index in [1.54, 1.807) is 6.07 Å². The number of phenols is 1. The largest absolute Gasteiger partial charge is 0.504 e. The van der Waals surface area contributed by atoms with Gasteiger partial charge in [0.2, 0.25) is 11.8 Å². The highest BCUT2D eigenvalue weighted by molar-refractivity contribution is 6.23. The Morgan fingerprint density at radius 2 is 1.76 bits per heavy atom.